The van der Waals surface area contributed by atoms with Crippen LogP contribution >= 0.6 is 0 Å². The molecule has 136 valence electrons. The average molecular weight is 377 g/mol. The highest BCUT2D eigenvalue weighted by molar-refractivity contribution is 7.89. The van der Waals surface area contributed by atoms with Crippen molar-refractivity contribution in [2.75, 3.05) is 6.61 Å². The van der Waals surface area contributed by atoms with Crippen LogP contribution in [0.5, 0.6) is 5.75 Å². The summed E-state index contributed by atoms with van der Waals surface area (Å²) in [5.74, 6) is 0.745. The van der Waals surface area contributed by atoms with Gasteiger partial charge in [0.2, 0.25) is 0 Å². The van der Waals surface area contributed by atoms with Gasteiger partial charge >= 0.3 is 0 Å². The first kappa shape index (κ1) is 17.4. The molecule has 3 aromatic rings. The van der Waals surface area contributed by atoms with Gasteiger partial charge in [0.1, 0.15) is 12.4 Å². The van der Waals surface area contributed by atoms with E-state index in [4.69, 9.17) is 4.74 Å². The molecule has 1 aliphatic rings. The van der Waals surface area contributed by atoms with E-state index in [2.05, 4.69) is 4.72 Å². The fourth-order valence-electron chi connectivity index (χ4n) is 3.14. The molecule has 5 heteroatoms. The van der Waals surface area contributed by atoms with Crippen LogP contribution in [0.25, 0.3) is 5.57 Å². The third-order valence-corrected chi connectivity index (χ3v) is 5.89. The van der Waals surface area contributed by atoms with E-state index in [0.29, 0.717) is 5.70 Å². The first-order valence-corrected chi connectivity index (χ1v) is 10.1. The number of para-hydroxylation sites is 1. The molecule has 0 spiro atoms. The number of ether oxygens (including phenoxy) is 1. The highest BCUT2D eigenvalue weighted by atomic mass is 32.2. The fourth-order valence-corrected chi connectivity index (χ4v) is 4.23. The van der Waals surface area contributed by atoms with Gasteiger partial charge in [0.25, 0.3) is 10.0 Å². The number of hydrogen-bond acceptors (Lipinski definition) is 3. The van der Waals surface area contributed by atoms with Gasteiger partial charge in [0.15, 0.2) is 0 Å². The number of hydrogen-bond donors (Lipinski definition) is 1. The van der Waals surface area contributed by atoms with Crippen molar-refractivity contribution < 1.29 is 13.2 Å². The molecule has 3 aromatic carbocycles. The fraction of sp³-hybridized carbons (Fsp3) is 0.0909. The summed E-state index contributed by atoms with van der Waals surface area (Å²) in [6, 6.07) is 24.2. The third-order valence-electron chi connectivity index (χ3n) is 4.48. The molecule has 0 unspecified atom stereocenters. The first-order valence-electron chi connectivity index (χ1n) is 8.65. The van der Waals surface area contributed by atoms with E-state index in [1.165, 1.54) is 0 Å². The van der Waals surface area contributed by atoms with E-state index in [1.54, 1.807) is 24.3 Å². The highest BCUT2D eigenvalue weighted by Crippen LogP contribution is 2.36. The zero-order valence-electron chi connectivity index (χ0n) is 14.8. The highest BCUT2D eigenvalue weighted by Gasteiger charge is 2.25. The smallest absolute Gasteiger partial charge is 0.261 e. The second kappa shape index (κ2) is 6.93. The average Bonchev–Trinajstić information content (AvgIpc) is 2.68. The van der Waals surface area contributed by atoms with Crippen molar-refractivity contribution in [1.29, 1.82) is 0 Å². The summed E-state index contributed by atoms with van der Waals surface area (Å²) < 4.78 is 34.4. The van der Waals surface area contributed by atoms with Crippen LogP contribution in [0.4, 0.5) is 0 Å². The molecule has 4 nitrogen and oxygen atoms in total. The van der Waals surface area contributed by atoms with E-state index < -0.39 is 10.0 Å². The minimum atomic E-state index is -3.71. The Morgan fingerprint density at radius 1 is 0.852 bits per heavy atom. The Bertz CT molecular complexity index is 1100. The number of aryl methyl sites for hydroxylation is 1. The van der Waals surface area contributed by atoms with Crippen LogP contribution in [-0.2, 0) is 10.0 Å². The van der Waals surface area contributed by atoms with Crippen molar-refractivity contribution in [1.82, 2.24) is 4.72 Å². The van der Waals surface area contributed by atoms with Crippen LogP contribution in [0.3, 0.4) is 0 Å². The van der Waals surface area contributed by atoms with Gasteiger partial charge < -0.3 is 4.74 Å². The normalized spacial score (nSPS) is 13.7. The molecular formula is C22H19NO3S. The van der Waals surface area contributed by atoms with E-state index in [-0.39, 0.29) is 11.5 Å². The number of rotatable bonds is 4. The quantitative estimate of drug-likeness (QED) is 0.744. The van der Waals surface area contributed by atoms with Gasteiger partial charge in [-0.2, -0.15) is 0 Å². The molecule has 0 atom stereocenters. The zero-order chi connectivity index (χ0) is 18.9. The largest absolute Gasteiger partial charge is 0.487 e. The Morgan fingerprint density at radius 2 is 1.52 bits per heavy atom. The first-order chi connectivity index (χ1) is 13.0. The van der Waals surface area contributed by atoms with Gasteiger partial charge in [-0.15, -0.1) is 0 Å². The summed E-state index contributed by atoms with van der Waals surface area (Å²) >= 11 is 0. The molecule has 0 aromatic heterocycles. The molecule has 0 amide bonds. The number of benzene rings is 3. The second-order valence-corrected chi connectivity index (χ2v) is 8.11. The van der Waals surface area contributed by atoms with Crippen LogP contribution in [0.2, 0.25) is 0 Å². The van der Waals surface area contributed by atoms with Crippen molar-refractivity contribution in [3.8, 4) is 5.75 Å². The van der Waals surface area contributed by atoms with Crippen LogP contribution in [-0.4, -0.2) is 15.0 Å². The molecule has 0 radical (unpaired) electrons. The summed E-state index contributed by atoms with van der Waals surface area (Å²) in [4.78, 5) is 0.229. The number of fused-ring (bicyclic) bond motifs is 1. The van der Waals surface area contributed by atoms with Crippen LogP contribution < -0.4 is 9.46 Å². The maximum Gasteiger partial charge on any atom is 0.261 e. The van der Waals surface area contributed by atoms with E-state index in [0.717, 1.165) is 28.0 Å². The van der Waals surface area contributed by atoms with E-state index >= 15 is 0 Å². The Labute approximate surface area is 159 Å². The van der Waals surface area contributed by atoms with Crippen LogP contribution in [0, 0.1) is 6.92 Å². The molecule has 1 N–H and O–H groups in total. The summed E-state index contributed by atoms with van der Waals surface area (Å²) in [5.41, 5.74) is 4.19. The van der Waals surface area contributed by atoms with Crippen molar-refractivity contribution in [3.05, 3.63) is 101 Å². The third kappa shape index (κ3) is 3.46. The standard InChI is InChI=1S/C22H19NO3S/c1-16-11-13-18(14-12-16)27(24,25)23-20-15-26-21-10-6-5-9-19(21)22(20)17-7-3-2-4-8-17/h2-14,23H,15H2,1H3. The molecule has 0 saturated heterocycles. The van der Waals surface area contributed by atoms with Gasteiger partial charge in [0.05, 0.1) is 10.6 Å². The Balaban J connectivity index is 1.83. The molecular weight excluding hydrogens is 358 g/mol. The molecule has 0 bridgehead atoms. The molecule has 1 heterocycles. The lowest BCUT2D eigenvalue weighted by atomic mass is 9.94. The van der Waals surface area contributed by atoms with Crippen molar-refractivity contribution >= 4 is 15.6 Å². The second-order valence-electron chi connectivity index (χ2n) is 6.42. The van der Waals surface area contributed by atoms with Crippen molar-refractivity contribution in [3.63, 3.8) is 0 Å². The monoisotopic (exact) mass is 377 g/mol. The molecule has 0 fully saturated rings. The SMILES string of the molecule is Cc1ccc(S(=O)(=O)NC2=C(c3ccccc3)c3ccccc3OC2)cc1. The lowest BCUT2D eigenvalue weighted by Gasteiger charge is -2.25. The van der Waals surface area contributed by atoms with E-state index in [9.17, 15) is 8.42 Å². The molecule has 4 rings (SSSR count). The summed E-state index contributed by atoms with van der Waals surface area (Å²) in [6.45, 7) is 2.08. The van der Waals surface area contributed by atoms with Gasteiger partial charge in [-0.05, 0) is 30.7 Å². The lowest BCUT2D eigenvalue weighted by Crippen LogP contribution is -2.29. The molecule has 0 aliphatic carbocycles. The molecule has 0 saturated carbocycles. The summed E-state index contributed by atoms with van der Waals surface area (Å²) in [7, 11) is -3.71. The molecule has 1 aliphatic heterocycles. The lowest BCUT2D eigenvalue weighted by molar-refractivity contribution is 0.341. The van der Waals surface area contributed by atoms with Gasteiger partial charge in [0, 0.05) is 11.1 Å². The minimum absolute atomic E-state index is 0.159. The van der Waals surface area contributed by atoms with Gasteiger partial charge in [-0.1, -0.05) is 66.2 Å². The Morgan fingerprint density at radius 3 is 2.26 bits per heavy atom. The van der Waals surface area contributed by atoms with Gasteiger partial charge in [-0.25, -0.2) is 8.42 Å². The summed E-state index contributed by atoms with van der Waals surface area (Å²) in [5, 5.41) is 0. The topological polar surface area (TPSA) is 55.4 Å². The van der Waals surface area contributed by atoms with Crippen molar-refractivity contribution in [2.24, 2.45) is 0 Å². The number of nitrogens with one attached hydrogen (secondary N) is 1. The number of sulfonamides is 1. The Kier molecular flexibility index (Phi) is 4.46. The molecule has 27 heavy (non-hydrogen) atoms. The Hall–Kier alpha value is -3.05. The van der Waals surface area contributed by atoms with Crippen molar-refractivity contribution in [2.45, 2.75) is 11.8 Å². The summed E-state index contributed by atoms with van der Waals surface area (Å²) in [6.07, 6.45) is 0. The maximum absolute atomic E-state index is 12.9. The van der Waals surface area contributed by atoms with Crippen LogP contribution in [0.1, 0.15) is 16.7 Å². The maximum atomic E-state index is 12.9. The predicted octanol–water partition coefficient (Wildman–Crippen LogP) is 4.13. The van der Waals surface area contributed by atoms with Gasteiger partial charge in [-0.3, -0.25) is 4.72 Å². The van der Waals surface area contributed by atoms with Crippen LogP contribution in [0.15, 0.2) is 89.5 Å². The minimum Gasteiger partial charge on any atom is -0.487 e. The van der Waals surface area contributed by atoms with E-state index in [1.807, 2.05) is 61.5 Å². The predicted molar refractivity (Wildman–Crippen MR) is 106 cm³/mol. The zero-order valence-corrected chi connectivity index (χ0v) is 15.7.